The molecule has 2 aromatic rings. The zero-order valence-electron chi connectivity index (χ0n) is 12.0. The van der Waals surface area contributed by atoms with Crippen LogP contribution in [0.15, 0.2) is 15.0 Å². The van der Waals surface area contributed by atoms with Crippen LogP contribution >= 0.6 is 15.9 Å². The minimum Gasteiger partial charge on any atom is -0.466 e. The molecule has 0 amide bonds. The van der Waals surface area contributed by atoms with Crippen LogP contribution in [0.1, 0.15) is 34.5 Å². The van der Waals surface area contributed by atoms with Crippen molar-refractivity contribution in [1.29, 1.82) is 0 Å². The van der Waals surface area contributed by atoms with Gasteiger partial charge in [0.15, 0.2) is 0 Å². The molecule has 1 atom stereocenters. The fourth-order valence-electron chi connectivity index (χ4n) is 2.46. The topological polar surface area (TPSA) is 43.0 Å². The molecule has 1 N–H and O–H groups in total. The molecule has 0 aromatic carbocycles. The second-order valence-electron chi connectivity index (χ2n) is 4.88. The van der Waals surface area contributed by atoms with Gasteiger partial charge in [-0.05, 0) is 49.8 Å². The first-order valence-electron chi connectivity index (χ1n) is 6.36. The number of furan rings is 1. The van der Waals surface area contributed by atoms with Crippen molar-refractivity contribution in [3.05, 3.63) is 39.0 Å². The molecule has 0 spiro atoms. The maximum absolute atomic E-state index is 5.63. The summed E-state index contributed by atoms with van der Waals surface area (Å²) in [7, 11) is 3.96. The number of aromatic nitrogens is 2. The smallest absolute Gasteiger partial charge is 0.105 e. The van der Waals surface area contributed by atoms with Crippen LogP contribution in [0.5, 0.6) is 0 Å². The third-order valence-electron chi connectivity index (χ3n) is 3.46. The average molecular weight is 326 g/mol. The van der Waals surface area contributed by atoms with E-state index in [-0.39, 0.29) is 6.04 Å². The minimum absolute atomic E-state index is 0.226. The maximum atomic E-state index is 5.63. The minimum atomic E-state index is 0.226. The van der Waals surface area contributed by atoms with Crippen molar-refractivity contribution in [1.82, 2.24) is 15.1 Å². The number of hydrogen-bond donors (Lipinski definition) is 1. The molecule has 0 aliphatic heterocycles. The molecule has 2 heterocycles. The van der Waals surface area contributed by atoms with Gasteiger partial charge in [-0.15, -0.1) is 0 Å². The summed E-state index contributed by atoms with van der Waals surface area (Å²) in [6, 6.07) is 2.33. The van der Waals surface area contributed by atoms with Crippen molar-refractivity contribution in [3.63, 3.8) is 0 Å². The number of hydrogen-bond acceptors (Lipinski definition) is 3. The predicted octanol–water partition coefficient (Wildman–Crippen LogP) is 3.20. The highest BCUT2D eigenvalue weighted by Crippen LogP contribution is 2.28. The highest BCUT2D eigenvalue weighted by molar-refractivity contribution is 9.10. The Hall–Kier alpha value is -1.07. The number of nitrogens with one attached hydrogen (secondary N) is 1. The zero-order chi connectivity index (χ0) is 14.2. The van der Waals surface area contributed by atoms with E-state index in [2.05, 4.69) is 32.4 Å². The van der Waals surface area contributed by atoms with Crippen LogP contribution in [0.25, 0.3) is 0 Å². The van der Waals surface area contributed by atoms with Gasteiger partial charge in [0.25, 0.3) is 0 Å². The summed E-state index contributed by atoms with van der Waals surface area (Å²) in [5.74, 6) is 1.93. The number of aryl methyl sites for hydroxylation is 4. The first-order valence-corrected chi connectivity index (χ1v) is 7.15. The van der Waals surface area contributed by atoms with E-state index in [1.165, 1.54) is 11.3 Å². The van der Waals surface area contributed by atoms with Gasteiger partial charge >= 0.3 is 0 Å². The highest BCUT2D eigenvalue weighted by atomic mass is 79.9. The van der Waals surface area contributed by atoms with Crippen molar-refractivity contribution >= 4 is 15.9 Å². The van der Waals surface area contributed by atoms with E-state index in [9.17, 15) is 0 Å². The number of nitrogens with zero attached hydrogens (tertiary/aromatic N) is 2. The van der Waals surface area contributed by atoms with Crippen molar-refractivity contribution in [2.75, 3.05) is 7.05 Å². The Morgan fingerprint density at radius 2 is 2.11 bits per heavy atom. The molecule has 0 saturated heterocycles. The summed E-state index contributed by atoms with van der Waals surface area (Å²) in [5.41, 5.74) is 3.42. The Labute approximate surface area is 122 Å². The molecule has 0 aliphatic carbocycles. The van der Waals surface area contributed by atoms with Crippen LogP contribution in [0.4, 0.5) is 0 Å². The van der Waals surface area contributed by atoms with Gasteiger partial charge in [0, 0.05) is 25.1 Å². The molecular weight excluding hydrogens is 306 g/mol. The van der Waals surface area contributed by atoms with E-state index in [1.807, 2.05) is 39.5 Å². The lowest BCUT2D eigenvalue weighted by Gasteiger charge is -2.16. The van der Waals surface area contributed by atoms with Gasteiger partial charge in [0.2, 0.25) is 0 Å². The van der Waals surface area contributed by atoms with E-state index < -0.39 is 0 Å². The summed E-state index contributed by atoms with van der Waals surface area (Å²) in [6.45, 7) is 6.00. The Balaban J connectivity index is 2.31. The zero-order valence-corrected chi connectivity index (χ0v) is 13.6. The van der Waals surface area contributed by atoms with Gasteiger partial charge in [-0.25, -0.2) is 0 Å². The molecule has 1 unspecified atom stereocenters. The van der Waals surface area contributed by atoms with Crippen LogP contribution in [0.3, 0.4) is 0 Å². The second kappa shape index (κ2) is 5.51. The summed E-state index contributed by atoms with van der Waals surface area (Å²) in [6.07, 6.45) is 0.869. The van der Waals surface area contributed by atoms with Gasteiger partial charge in [-0.3, -0.25) is 4.68 Å². The van der Waals surface area contributed by atoms with Gasteiger partial charge in [0.05, 0.1) is 15.9 Å². The van der Waals surface area contributed by atoms with E-state index >= 15 is 0 Å². The molecule has 2 aromatic heterocycles. The monoisotopic (exact) mass is 325 g/mol. The van der Waals surface area contributed by atoms with Crippen LogP contribution < -0.4 is 5.32 Å². The summed E-state index contributed by atoms with van der Waals surface area (Å²) < 4.78 is 8.65. The Kier molecular flexibility index (Phi) is 4.16. The maximum Gasteiger partial charge on any atom is 0.105 e. The molecule has 2 rings (SSSR count). The third-order valence-corrected chi connectivity index (χ3v) is 4.49. The van der Waals surface area contributed by atoms with Crippen molar-refractivity contribution in [2.45, 2.75) is 33.2 Å². The Bertz CT molecular complexity index is 586. The summed E-state index contributed by atoms with van der Waals surface area (Å²) in [5, 5.41) is 7.80. The molecule has 0 radical (unpaired) electrons. The molecule has 0 saturated carbocycles. The van der Waals surface area contributed by atoms with Crippen LogP contribution in [0, 0.1) is 20.8 Å². The number of halogens is 1. The van der Waals surface area contributed by atoms with E-state index in [0.29, 0.717) is 0 Å². The van der Waals surface area contributed by atoms with Gasteiger partial charge < -0.3 is 9.73 Å². The lowest BCUT2D eigenvalue weighted by atomic mass is 10.0. The lowest BCUT2D eigenvalue weighted by Crippen LogP contribution is -2.20. The van der Waals surface area contributed by atoms with E-state index in [4.69, 9.17) is 4.42 Å². The molecule has 0 aliphatic rings. The fraction of sp³-hybridized carbons (Fsp3) is 0.500. The molecule has 0 bridgehead atoms. The molecular formula is C14H20BrN3O. The standard InChI is InChI=1S/C14H20BrN3O/c1-8-6-11(10(3)19-8)12(16-4)7-13-14(15)9(2)17-18(13)5/h6,12,16H,7H2,1-5H3. The summed E-state index contributed by atoms with van der Waals surface area (Å²) in [4.78, 5) is 0. The van der Waals surface area contributed by atoms with E-state index in [0.717, 1.165) is 28.1 Å². The second-order valence-corrected chi connectivity index (χ2v) is 5.68. The lowest BCUT2D eigenvalue weighted by molar-refractivity contribution is 0.487. The SMILES string of the molecule is CNC(Cc1c(Br)c(C)nn1C)c1cc(C)oc1C. The first kappa shape index (κ1) is 14.3. The van der Waals surface area contributed by atoms with Gasteiger partial charge in [-0.1, -0.05) is 0 Å². The number of rotatable bonds is 4. The van der Waals surface area contributed by atoms with Crippen LogP contribution in [-0.2, 0) is 13.5 Å². The van der Waals surface area contributed by atoms with Crippen molar-refractivity contribution in [3.8, 4) is 0 Å². The highest BCUT2D eigenvalue weighted by Gasteiger charge is 2.20. The average Bonchev–Trinajstić information content (AvgIpc) is 2.79. The van der Waals surface area contributed by atoms with Crippen molar-refractivity contribution < 1.29 is 4.42 Å². The van der Waals surface area contributed by atoms with Gasteiger partial charge in [-0.2, -0.15) is 5.10 Å². The van der Waals surface area contributed by atoms with E-state index in [1.54, 1.807) is 0 Å². The summed E-state index contributed by atoms with van der Waals surface area (Å²) >= 11 is 3.62. The fourth-order valence-corrected chi connectivity index (χ4v) is 2.96. The third kappa shape index (κ3) is 2.77. The van der Waals surface area contributed by atoms with Crippen LogP contribution in [-0.4, -0.2) is 16.8 Å². The quantitative estimate of drug-likeness (QED) is 0.938. The normalized spacial score (nSPS) is 12.9. The van der Waals surface area contributed by atoms with Gasteiger partial charge in [0.1, 0.15) is 11.5 Å². The van der Waals surface area contributed by atoms with Crippen molar-refractivity contribution in [2.24, 2.45) is 7.05 Å². The Morgan fingerprint density at radius 3 is 2.53 bits per heavy atom. The predicted molar refractivity (Wildman–Crippen MR) is 79.3 cm³/mol. The molecule has 19 heavy (non-hydrogen) atoms. The molecule has 0 fully saturated rings. The van der Waals surface area contributed by atoms with Crippen LogP contribution in [0.2, 0.25) is 0 Å². The Morgan fingerprint density at radius 1 is 1.42 bits per heavy atom. The number of likely N-dealkylation sites (N-methyl/N-ethyl adjacent to an activating group) is 1. The molecule has 5 heteroatoms. The molecule has 104 valence electrons. The molecule has 4 nitrogen and oxygen atoms in total. The largest absolute Gasteiger partial charge is 0.466 e. The first-order chi connectivity index (χ1) is 8.93.